The zero-order chi connectivity index (χ0) is 8.91. The Balaban J connectivity index is 3.46. The molecule has 0 aromatic rings. The van der Waals surface area contributed by atoms with Gasteiger partial charge in [-0.05, 0) is 27.3 Å². The summed E-state index contributed by atoms with van der Waals surface area (Å²) in [6, 6.07) is 0. The average Bonchev–Trinajstić information content (AvgIpc) is 1.83. The van der Waals surface area contributed by atoms with Gasteiger partial charge in [0.05, 0.1) is 5.60 Å². The zero-order valence-corrected chi connectivity index (χ0v) is 8.43. The molecular formula is C7H14O3Si. The topological polar surface area (TPSA) is 35.5 Å². The standard InChI is InChI=1S/C7H14O3Si/c1-7(2,3)9-5-6(8)10-11-4/h5H2,1-4H3. The predicted octanol–water partition coefficient (Wildman–Crippen LogP) is 1.01. The maximum Gasteiger partial charge on any atom is 0.318 e. The Morgan fingerprint density at radius 3 is 2.36 bits per heavy atom. The van der Waals surface area contributed by atoms with E-state index in [0.717, 1.165) is 0 Å². The van der Waals surface area contributed by atoms with E-state index >= 15 is 0 Å². The van der Waals surface area contributed by atoms with Gasteiger partial charge in [0.15, 0.2) is 0 Å². The summed E-state index contributed by atoms with van der Waals surface area (Å²) in [7, 11) is 0.202. The van der Waals surface area contributed by atoms with E-state index < -0.39 is 0 Å². The Hall–Kier alpha value is -0.353. The first-order chi connectivity index (χ1) is 4.95. The Morgan fingerprint density at radius 2 is 2.00 bits per heavy atom. The van der Waals surface area contributed by atoms with Crippen molar-refractivity contribution in [2.45, 2.75) is 32.9 Å². The molecule has 0 saturated carbocycles. The molecule has 0 atom stereocenters. The van der Waals surface area contributed by atoms with Crippen molar-refractivity contribution in [3.05, 3.63) is 0 Å². The highest BCUT2D eigenvalue weighted by Gasteiger charge is 2.12. The monoisotopic (exact) mass is 174 g/mol. The highest BCUT2D eigenvalue weighted by molar-refractivity contribution is 6.28. The number of carbonyl (C=O) groups is 1. The summed E-state index contributed by atoms with van der Waals surface area (Å²) in [5, 5.41) is 0. The van der Waals surface area contributed by atoms with Crippen LogP contribution in [0.3, 0.4) is 0 Å². The largest absolute Gasteiger partial charge is 0.515 e. The first-order valence-electron chi connectivity index (χ1n) is 3.46. The molecule has 0 aromatic carbocycles. The van der Waals surface area contributed by atoms with Crippen LogP contribution in [0.15, 0.2) is 0 Å². The van der Waals surface area contributed by atoms with Gasteiger partial charge < -0.3 is 9.16 Å². The Kier molecular flexibility index (Phi) is 4.36. The first-order valence-corrected chi connectivity index (χ1v) is 4.87. The third-order valence-corrected chi connectivity index (χ3v) is 1.27. The van der Waals surface area contributed by atoms with Crippen molar-refractivity contribution < 1.29 is 14.0 Å². The second kappa shape index (κ2) is 4.51. The molecule has 0 unspecified atom stereocenters. The molecule has 0 aliphatic rings. The van der Waals surface area contributed by atoms with Gasteiger partial charge >= 0.3 is 15.7 Å². The lowest BCUT2D eigenvalue weighted by Crippen LogP contribution is -2.25. The smallest absolute Gasteiger partial charge is 0.318 e. The lowest BCUT2D eigenvalue weighted by molar-refractivity contribution is -0.144. The average molecular weight is 174 g/mol. The second-order valence-electron chi connectivity index (χ2n) is 3.08. The fourth-order valence-corrected chi connectivity index (χ4v) is 0.705. The van der Waals surface area contributed by atoms with Crippen LogP contribution in [-0.4, -0.2) is 27.9 Å². The fourth-order valence-electron chi connectivity index (χ4n) is 0.419. The molecule has 0 heterocycles. The van der Waals surface area contributed by atoms with Crippen LogP contribution in [0.5, 0.6) is 0 Å². The van der Waals surface area contributed by atoms with E-state index in [4.69, 9.17) is 9.16 Å². The molecule has 0 N–H and O–H groups in total. The van der Waals surface area contributed by atoms with E-state index in [1.54, 1.807) is 6.55 Å². The minimum absolute atomic E-state index is 0.0460. The summed E-state index contributed by atoms with van der Waals surface area (Å²) in [6.07, 6.45) is 0. The van der Waals surface area contributed by atoms with Gasteiger partial charge in [-0.2, -0.15) is 0 Å². The van der Waals surface area contributed by atoms with Crippen molar-refractivity contribution in [3.63, 3.8) is 0 Å². The minimum Gasteiger partial charge on any atom is -0.515 e. The van der Waals surface area contributed by atoms with Crippen LogP contribution in [0.4, 0.5) is 0 Å². The molecule has 0 saturated heterocycles. The van der Waals surface area contributed by atoms with Crippen molar-refractivity contribution in [2.75, 3.05) is 6.61 Å². The molecule has 0 fully saturated rings. The molecule has 0 spiro atoms. The van der Waals surface area contributed by atoms with Gasteiger partial charge in [-0.3, -0.25) is 4.79 Å². The van der Waals surface area contributed by atoms with Crippen molar-refractivity contribution in [1.82, 2.24) is 0 Å². The fraction of sp³-hybridized carbons (Fsp3) is 0.857. The summed E-state index contributed by atoms with van der Waals surface area (Å²) in [4.78, 5) is 10.7. The number of rotatable bonds is 3. The third-order valence-electron chi connectivity index (χ3n) is 0.839. The molecular weight excluding hydrogens is 160 g/mol. The molecule has 0 rings (SSSR count). The van der Waals surface area contributed by atoms with Gasteiger partial charge in [0.2, 0.25) is 0 Å². The highest BCUT2D eigenvalue weighted by atomic mass is 28.2. The van der Waals surface area contributed by atoms with E-state index in [2.05, 4.69) is 0 Å². The summed E-state index contributed by atoms with van der Waals surface area (Å²) in [5.41, 5.74) is -0.268. The SMILES string of the molecule is C[Si]OC(=O)COC(C)(C)C. The first kappa shape index (κ1) is 10.6. The lowest BCUT2D eigenvalue weighted by atomic mass is 10.2. The minimum atomic E-state index is -0.291. The van der Waals surface area contributed by atoms with Gasteiger partial charge in [0, 0.05) is 0 Å². The van der Waals surface area contributed by atoms with E-state index in [1.165, 1.54) is 0 Å². The van der Waals surface area contributed by atoms with E-state index in [1.807, 2.05) is 20.8 Å². The van der Waals surface area contributed by atoms with Crippen LogP contribution in [0.25, 0.3) is 0 Å². The van der Waals surface area contributed by atoms with E-state index in [9.17, 15) is 4.79 Å². The molecule has 64 valence electrons. The Bertz CT molecular complexity index is 128. The maximum atomic E-state index is 10.7. The molecule has 0 aromatic heterocycles. The molecule has 0 aliphatic carbocycles. The number of ether oxygens (including phenoxy) is 1. The quantitative estimate of drug-likeness (QED) is 0.599. The Morgan fingerprint density at radius 1 is 1.45 bits per heavy atom. The maximum absolute atomic E-state index is 10.7. The number of hydrogen-bond acceptors (Lipinski definition) is 3. The van der Waals surface area contributed by atoms with Gasteiger partial charge in [-0.15, -0.1) is 0 Å². The van der Waals surface area contributed by atoms with Gasteiger partial charge in [-0.25, -0.2) is 0 Å². The number of hydrogen-bond donors (Lipinski definition) is 0. The molecule has 0 amide bonds. The van der Waals surface area contributed by atoms with Gasteiger partial charge in [0.25, 0.3) is 0 Å². The highest BCUT2D eigenvalue weighted by Crippen LogP contribution is 2.05. The zero-order valence-electron chi connectivity index (χ0n) is 7.43. The predicted molar refractivity (Wildman–Crippen MR) is 43.4 cm³/mol. The van der Waals surface area contributed by atoms with Crippen LogP contribution in [0.2, 0.25) is 6.55 Å². The summed E-state index contributed by atoms with van der Waals surface area (Å²) >= 11 is 0. The van der Waals surface area contributed by atoms with Crippen LogP contribution < -0.4 is 0 Å². The molecule has 3 nitrogen and oxygen atoms in total. The van der Waals surface area contributed by atoms with Crippen molar-refractivity contribution in [1.29, 1.82) is 0 Å². The molecule has 11 heavy (non-hydrogen) atoms. The molecule has 0 aliphatic heterocycles. The van der Waals surface area contributed by atoms with E-state index in [0.29, 0.717) is 0 Å². The van der Waals surface area contributed by atoms with Crippen LogP contribution >= 0.6 is 0 Å². The number of carbonyl (C=O) groups excluding carboxylic acids is 1. The van der Waals surface area contributed by atoms with Crippen molar-refractivity contribution in [2.24, 2.45) is 0 Å². The summed E-state index contributed by atoms with van der Waals surface area (Å²) in [6.45, 7) is 7.54. The van der Waals surface area contributed by atoms with Crippen LogP contribution in [0.1, 0.15) is 20.8 Å². The Labute approximate surface area is 70.0 Å². The molecule has 2 radical (unpaired) electrons. The molecule has 4 heteroatoms. The van der Waals surface area contributed by atoms with Crippen molar-refractivity contribution >= 4 is 15.7 Å². The van der Waals surface area contributed by atoms with Crippen LogP contribution in [0, 0.1) is 0 Å². The summed E-state index contributed by atoms with van der Waals surface area (Å²) in [5.74, 6) is -0.291. The van der Waals surface area contributed by atoms with Gasteiger partial charge in [-0.1, -0.05) is 0 Å². The molecule has 0 bridgehead atoms. The van der Waals surface area contributed by atoms with Crippen LogP contribution in [-0.2, 0) is 14.0 Å². The van der Waals surface area contributed by atoms with E-state index in [-0.39, 0.29) is 27.9 Å². The summed E-state index contributed by atoms with van der Waals surface area (Å²) < 4.78 is 9.87. The second-order valence-corrected chi connectivity index (χ2v) is 3.69. The van der Waals surface area contributed by atoms with Crippen molar-refractivity contribution in [3.8, 4) is 0 Å². The lowest BCUT2D eigenvalue weighted by Gasteiger charge is -2.18. The normalized spacial score (nSPS) is 11.3. The third kappa shape index (κ3) is 7.54. The van der Waals surface area contributed by atoms with Gasteiger partial charge in [0.1, 0.15) is 6.61 Å².